The highest BCUT2D eigenvalue weighted by molar-refractivity contribution is 5.79. The van der Waals surface area contributed by atoms with Crippen LogP contribution in [0.3, 0.4) is 0 Å². The number of nitrogens with zero attached hydrogens (tertiary/aromatic N) is 1. The molecule has 3 nitrogen and oxygen atoms in total. The summed E-state index contributed by atoms with van der Waals surface area (Å²) in [6.07, 6.45) is 4.47. The second-order valence-electron chi connectivity index (χ2n) is 8.17. The molecule has 1 aliphatic heterocycles. The molecule has 28 heavy (non-hydrogen) atoms. The summed E-state index contributed by atoms with van der Waals surface area (Å²) < 4.78 is 0. The molecule has 1 fully saturated rings. The lowest BCUT2D eigenvalue weighted by atomic mass is 9.89. The Morgan fingerprint density at radius 2 is 1.82 bits per heavy atom. The first-order valence-corrected chi connectivity index (χ1v) is 10.6. The summed E-state index contributed by atoms with van der Waals surface area (Å²) in [7, 11) is 0. The predicted molar refractivity (Wildman–Crippen MR) is 117 cm³/mol. The van der Waals surface area contributed by atoms with Crippen LogP contribution in [0.25, 0.3) is 10.9 Å². The summed E-state index contributed by atoms with van der Waals surface area (Å²) >= 11 is 0. The molecule has 0 radical (unpaired) electrons. The zero-order chi connectivity index (χ0) is 19.5. The Morgan fingerprint density at radius 3 is 2.54 bits per heavy atom. The Hall–Kier alpha value is -2.39. The number of benzene rings is 2. The van der Waals surface area contributed by atoms with Gasteiger partial charge in [-0.05, 0) is 80.3 Å². The summed E-state index contributed by atoms with van der Waals surface area (Å²) in [6, 6.07) is 19.8. The fourth-order valence-corrected chi connectivity index (χ4v) is 4.49. The van der Waals surface area contributed by atoms with Gasteiger partial charge in [-0.15, -0.1) is 0 Å². The van der Waals surface area contributed by atoms with E-state index in [9.17, 15) is 4.79 Å². The van der Waals surface area contributed by atoms with Gasteiger partial charge < -0.3 is 4.98 Å². The van der Waals surface area contributed by atoms with Gasteiger partial charge in [0.25, 0.3) is 5.56 Å². The first-order chi connectivity index (χ1) is 13.6. The zero-order valence-electron chi connectivity index (χ0n) is 16.9. The Balaban J connectivity index is 1.43. The number of rotatable bonds is 5. The Kier molecular flexibility index (Phi) is 5.63. The Bertz CT molecular complexity index is 984. The third kappa shape index (κ3) is 4.05. The maximum Gasteiger partial charge on any atom is 0.251 e. The summed E-state index contributed by atoms with van der Waals surface area (Å²) in [5, 5.41) is 1.12. The van der Waals surface area contributed by atoms with Crippen molar-refractivity contribution in [2.75, 3.05) is 13.1 Å². The van der Waals surface area contributed by atoms with Crippen LogP contribution in [0.4, 0.5) is 0 Å². The molecule has 2 heterocycles. The maximum atomic E-state index is 12.2. The van der Waals surface area contributed by atoms with Crippen molar-refractivity contribution in [3.05, 3.63) is 81.6 Å². The van der Waals surface area contributed by atoms with Gasteiger partial charge in [0.1, 0.15) is 0 Å². The summed E-state index contributed by atoms with van der Waals surface area (Å²) in [5.41, 5.74) is 4.59. The van der Waals surface area contributed by atoms with E-state index in [1.165, 1.54) is 30.4 Å². The lowest BCUT2D eigenvalue weighted by molar-refractivity contribution is 0.141. The minimum absolute atomic E-state index is 0.0431. The molecule has 0 bridgehead atoms. The van der Waals surface area contributed by atoms with Gasteiger partial charge in [0.2, 0.25) is 0 Å². The number of fused-ring (bicyclic) bond motifs is 1. The van der Waals surface area contributed by atoms with Crippen molar-refractivity contribution in [2.24, 2.45) is 5.92 Å². The van der Waals surface area contributed by atoms with Gasteiger partial charge in [0.15, 0.2) is 0 Å². The third-order valence-corrected chi connectivity index (χ3v) is 6.37. The first-order valence-electron chi connectivity index (χ1n) is 10.6. The van der Waals surface area contributed by atoms with Crippen molar-refractivity contribution < 1.29 is 0 Å². The average Bonchev–Trinajstić information content (AvgIpc) is 2.73. The van der Waals surface area contributed by atoms with E-state index in [2.05, 4.69) is 65.3 Å². The van der Waals surface area contributed by atoms with E-state index in [4.69, 9.17) is 0 Å². The van der Waals surface area contributed by atoms with Crippen LogP contribution in [0.15, 0.2) is 59.4 Å². The summed E-state index contributed by atoms with van der Waals surface area (Å²) in [5.74, 6) is 0.784. The monoisotopic (exact) mass is 374 g/mol. The maximum absolute atomic E-state index is 12.2. The van der Waals surface area contributed by atoms with Crippen LogP contribution < -0.4 is 5.56 Å². The summed E-state index contributed by atoms with van der Waals surface area (Å²) in [6.45, 7) is 6.59. The lowest BCUT2D eigenvalue weighted by Gasteiger charge is -2.36. The molecular formula is C25H30N2O. The SMILES string of the molecule is CCc1cc2ccc(C(C)N3CCC(Cc4ccccc4)CC3)cc2[nH]c1=O. The van der Waals surface area contributed by atoms with Gasteiger partial charge in [-0.3, -0.25) is 9.69 Å². The lowest BCUT2D eigenvalue weighted by Crippen LogP contribution is -2.36. The number of pyridine rings is 1. The molecule has 4 rings (SSSR count). The van der Waals surface area contributed by atoms with Crippen LogP contribution in [-0.2, 0) is 12.8 Å². The number of likely N-dealkylation sites (tertiary alicyclic amines) is 1. The molecule has 0 saturated carbocycles. The second-order valence-corrected chi connectivity index (χ2v) is 8.17. The molecule has 1 saturated heterocycles. The number of H-pyrrole nitrogens is 1. The van der Waals surface area contributed by atoms with Crippen molar-refractivity contribution in [3.63, 3.8) is 0 Å². The van der Waals surface area contributed by atoms with Gasteiger partial charge in [0.05, 0.1) is 0 Å². The Labute approximate surface area is 167 Å². The van der Waals surface area contributed by atoms with Crippen LogP contribution >= 0.6 is 0 Å². The highest BCUT2D eigenvalue weighted by Crippen LogP contribution is 2.29. The van der Waals surface area contributed by atoms with E-state index >= 15 is 0 Å². The topological polar surface area (TPSA) is 36.1 Å². The van der Waals surface area contributed by atoms with Crippen molar-refractivity contribution in [1.82, 2.24) is 9.88 Å². The van der Waals surface area contributed by atoms with Gasteiger partial charge in [-0.25, -0.2) is 0 Å². The van der Waals surface area contributed by atoms with Crippen LogP contribution in [0.2, 0.25) is 0 Å². The number of aryl methyl sites for hydroxylation is 1. The number of aromatic nitrogens is 1. The number of nitrogens with one attached hydrogen (secondary N) is 1. The van der Waals surface area contributed by atoms with Gasteiger partial charge >= 0.3 is 0 Å². The van der Waals surface area contributed by atoms with E-state index < -0.39 is 0 Å². The quantitative estimate of drug-likeness (QED) is 0.674. The molecule has 1 aliphatic rings. The van der Waals surface area contributed by atoms with Crippen molar-refractivity contribution in [2.45, 2.75) is 45.6 Å². The molecular weight excluding hydrogens is 344 g/mol. The van der Waals surface area contributed by atoms with Crippen LogP contribution in [-0.4, -0.2) is 23.0 Å². The minimum Gasteiger partial charge on any atom is -0.322 e. The highest BCUT2D eigenvalue weighted by Gasteiger charge is 2.24. The minimum atomic E-state index is 0.0431. The standard InChI is InChI=1S/C25H30N2O/c1-3-21-16-23-10-9-22(17-24(23)26-25(21)28)18(2)27-13-11-20(12-14-27)15-19-7-5-4-6-8-19/h4-10,16-18,20H,3,11-15H2,1-2H3,(H,26,28). The van der Waals surface area contributed by atoms with Crippen LogP contribution in [0.5, 0.6) is 0 Å². The average molecular weight is 375 g/mol. The molecule has 0 spiro atoms. The molecule has 1 aromatic heterocycles. The van der Waals surface area contributed by atoms with E-state index in [1.807, 2.05) is 13.0 Å². The number of hydrogen-bond donors (Lipinski definition) is 1. The van der Waals surface area contributed by atoms with Crippen molar-refractivity contribution >= 4 is 10.9 Å². The molecule has 1 unspecified atom stereocenters. The van der Waals surface area contributed by atoms with Crippen LogP contribution in [0, 0.1) is 5.92 Å². The molecule has 2 aromatic carbocycles. The first kappa shape index (κ1) is 18.9. The fraction of sp³-hybridized carbons (Fsp3) is 0.400. The van der Waals surface area contributed by atoms with Gasteiger partial charge in [-0.2, -0.15) is 0 Å². The molecule has 0 aliphatic carbocycles. The number of piperidine rings is 1. The highest BCUT2D eigenvalue weighted by atomic mass is 16.1. The molecule has 0 amide bonds. The van der Waals surface area contributed by atoms with E-state index in [0.29, 0.717) is 6.04 Å². The number of aromatic amines is 1. The molecule has 1 atom stereocenters. The molecule has 146 valence electrons. The normalized spacial score (nSPS) is 17.1. The predicted octanol–water partition coefficient (Wildman–Crippen LogP) is 5.11. The second kappa shape index (κ2) is 8.32. The van der Waals surface area contributed by atoms with Gasteiger partial charge in [-0.1, -0.05) is 49.4 Å². The van der Waals surface area contributed by atoms with E-state index in [0.717, 1.165) is 41.9 Å². The summed E-state index contributed by atoms with van der Waals surface area (Å²) in [4.78, 5) is 17.8. The van der Waals surface area contributed by atoms with Gasteiger partial charge in [0, 0.05) is 17.1 Å². The van der Waals surface area contributed by atoms with Crippen molar-refractivity contribution in [1.29, 1.82) is 0 Å². The number of hydrogen-bond acceptors (Lipinski definition) is 2. The zero-order valence-corrected chi connectivity index (χ0v) is 16.9. The van der Waals surface area contributed by atoms with E-state index in [1.54, 1.807) is 0 Å². The largest absolute Gasteiger partial charge is 0.322 e. The fourth-order valence-electron chi connectivity index (χ4n) is 4.49. The molecule has 3 heteroatoms. The smallest absolute Gasteiger partial charge is 0.251 e. The van der Waals surface area contributed by atoms with Crippen molar-refractivity contribution in [3.8, 4) is 0 Å². The van der Waals surface area contributed by atoms with Crippen LogP contribution in [0.1, 0.15) is 49.4 Å². The Morgan fingerprint density at radius 1 is 1.07 bits per heavy atom. The molecule has 1 N–H and O–H groups in total. The van der Waals surface area contributed by atoms with E-state index in [-0.39, 0.29) is 5.56 Å². The molecule has 3 aromatic rings. The third-order valence-electron chi connectivity index (χ3n) is 6.37.